The minimum absolute atomic E-state index is 0.0461. The molecule has 0 fully saturated rings. The van der Waals surface area contributed by atoms with Gasteiger partial charge in [-0.1, -0.05) is 0 Å². The van der Waals surface area contributed by atoms with Crippen LogP contribution in [0.1, 0.15) is 30.6 Å². The Balaban J connectivity index is 2.65. The molecule has 1 unspecified atom stereocenters. The minimum atomic E-state index is -1.15. The van der Waals surface area contributed by atoms with Gasteiger partial charge in [0.1, 0.15) is 0 Å². The van der Waals surface area contributed by atoms with E-state index in [9.17, 15) is 14.9 Å². The number of aromatic carboxylic acids is 1. The average molecular weight is 343 g/mol. The summed E-state index contributed by atoms with van der Waals surface area (Å²) in [5.41, 5.74) is -0.120. The van der Waals surface area contributed by atoms with E-state index in [4.69, 9.17) is 9.84 Å². The first kappa shape index (κ1) is 16.7. The molecule has 7 heteroatoms. The number of benzene rings is 1. The zero-order chi connectivity index (χ0) is 15.1. The number of rotatable bonds is 8. The Morgan fingerprint density at radius 1 is 1.50 bits per heavy atom. The molecule has 0 saturated carbocycles. The number of carboxylic acid groups (broad SMARTS) is 1. The van der Waals surface area contributed by atoms with Crippen LogP contribution in [0.25, 0.3) is 0 Å². The first-order valence-electron chi connectivity index (χ1n) is 6.29. The van der Waals surface area contributed by atoms with Crippen molar-refractivity contribution in [3.05, 3.63) is 33.9 Å². The van der Waals surface area contributed by atoms with E-state index in [2.05, 4.69) is 0 Å². The van der Waals surface area contributed by atoms with E-state index in [0.29, 0.717) is 11.0 Å². The van der Waals surface area contributed by atoms with Crippen molar-refractivity contribution < 1.29 is 19.6 Å². The first-order valence-corrected chi connectivity index (χ1v) is 8.82. The van der Waals surface area contributed by atoms with E-state index in [1.807, 2.05) is 13.8 Å². The maximum absolute atomic E-state index is 11.0. The zero-order valence-corrected chi connectivity index (χ0v) is 13.6. The van der Waals surface area contributed by atoms with Crippen molar-refractivity contribution in [1.29, 1.82) is 0 Å². The summed E-state index contributed by atoms with van der Waals surface area (Å²) in [6.45, 7) is 4.58. The normalized spacial score (nSPS) is 11.3. The summed E-state index contributed by atoms with van der Waals surface area (Å²) >= 11 is -0.651. The second kappa shape index (κ2) is 8.02. The van der Waals surface area contributed by atoms with Gasteiger partial charge in [0.15, 0.2) is 0 Å². The predicted octanol–water partition coefficient (Wildman–Crippen LogP) is 1.59. The first-order chi connectivity index (χ1) is 9.41. The molecular formula is C13H18AsNO5. The summed E-state index contributed by atoms with van der Waals surface area (Å²) in [6, 6.07) is 4.15. The van der Waals surface area contributed by atoms with Crippen LogP contribution in [-0.4, -0.2) is 44.5 Å². The standard InChI is InChI=1S/C13H18AsNO5/c1-9(2)20-7-3-6-14-11-5-4-10(13(16)17)8-12(11)15(18)19/h4-5,8-9,14H,3,6-7H2,1-2H3,(H,16,17). The molecule has 0 bridgehead atoms. The molecule has 0 aliphatic carbocycles. The van der Waals surface area contributed by atoms with E-state index >= 15 is 0 Å². The molecule has 20 heavy (non-hydrogen) atoms. The summed E-state index contributed by atoms with van der Waals surface area (Å²) in [6.07, 6.45) is 1.06. The van der Waals surface area contributed by atoms with Crippen molar-refractivity contribution in [1.82, 2.24) is 0 Å². The molecule has 0 spiro atoms. The molecule has 1 atom stereocenters. The van der Waals surface area contributed by atoms with E-state index in [1.165, 1.54) is 6.07 Å². The molecule has 0 heterocycles. The third-order valence-corrected chi connectivity index (χ3v) is 5.48. The number of carboxylic acids is 1. The van der Waals surface area contributed by atoms with Gasteiger partial charge in [0.25, 0.3) is 0 Å². The molecule has 1 aromatic carbocycles. The summed E-state index contributed by atoms with van der Waals surface area (Å²) in [7, 11) is 0. The number of hydrogen-bond donors (Lipinski definition) is 1. The van der Waals surface area contributed by atoms with Crippen molar-refractivity contribution in [2.24, 2.45) is 0 Å². The molecule has 0 aliphatic heterocycles. The Morgan fingerprint density at radius 2 is 2.20 bits per heavy atom. The van der Waals surface area contributed by atoms with Gasteiger partial charge in [0.2, 0.25) is 0 Å². The van der Waals surface area contributed by atoms with Crippen molar-refractivity contribution in [3.63, 3.8) is 0 Å². The Labute approximate surface area is 124 Å². The van der Waals surface area contributed by atoms with Crippen LogP contribution in [-0.2, 0) is 4.74 Å². The number of nitro groups is 1. The Morgan fingerprint density at radius 3 is 2.75 bits per heavy atom. The van der Waals surface area contributed by atoms with Crippen molar-refractivity contribution in [3.8, 4) is 0 Å². The van der Waals surface area contributed by atoms with Crippen LogP contribution in [0.3, 0.4) is 0 Å². The molecule has 1 aromatic rings. The maximum atomic E-state index is 11.0. The Hall–Kier alpha value is -1.39. The van der Waals surface area contributed by atoms with E-state index < -0.39 is 26.6 Å². The van der Waals surface area contributed by atoms with Gasteiger partial charge in [-0.2, -0.15) is 0 Å². The van der Waals surface area contributed by atoms with Gasteiger partial charge in [-0.15, -0.1) is 0 Å². The predicted molar refractivity (Wildman–Crippen MR) is 77.4 cm³/mol. The summed E-state index contributed by atoms with van der Waals surface area (Å²) in [5.74, 6) is -1.15. The second-order valence-corrected chi connectivity index (χ2v) is 7.42. The molecule has 0 saturated heterocycles. The van der Waals surface area contributed by atoms with Gasteiger partial charge >= 0.3 is 123 Å². The molecule has 6 nitrogen and oxygen atoms in total. The van der Waals surface area contributed by atoms with Crippen LogP contribution >= 0.6 is 0 Å². The SMILES string of the molecule is CC(C)OCCC[AsH]c1ccc(C(=O)O)cc1[N+](=O)[O-]. The van der Waals surface area contributed by atoms with Crippen LogP contribution in [0.4, 0.5) is 5.69 Å². The van der Waals surface area contributed by atoms with Gasteiger partial charge < -0.3 is 0 Å². The average Bonchev–Trinajstić information content (AvgIpc) is 2.37. The quantitative estimate of drug-likeness (QED) is 0.335. The number of carbonyl (C=O) groups is 1. The monoisotopic (exact) mass is 343 g/mol. The summed E-state index contributed by atoms with van der Waals surface area (Å²) in [4.78, 5) is 21.3. The molecule has 0 radical (unpaired) electrons. The van der Waals surface area contributed by atoms with Crippen molar-refractivity contribution in [2.75, 3.05) is 6.61 Å². The van der Waals surface area contributed by atoms with Crippen LogP contribution in [0.15, 0.2) is 18.2 Å². The van der Waals surface area contributed by atoms with Gasteiger partial charge in [-0.05, 0) is 0 Å². The van der Waals surface area contributed by atoms with Gasteiger partial charge in [-0.25, -0.2) is 0 Å². The van der Waals surface area contributed by atoms with Crippen molar-refractivity contribution in [2.45, 2.75) is 31.6 Å². The molecule has 1 N–H and O–H groups in total. The number of hydrogen-bond acceptors (Lipinski definition) is 4. The fourth-order valence-corrected chi connectivity index (χ4v) is 3.96. The number of nitrogens with zero attached hydrogens (tertiary/aromatic N) is 1. The van der Waals surface area contributed by atoms with E-state index in [0.717, 1.165) is 17.7 Å². The van der Waals surface area contributed by atoms with Crippen LogP contribution < -0.4 is 4.35 Å². The molecular weight excluding hydrogens is 325 g/mol. The van der Waals surface area contributed by atoms with Gasteiger partial charge in [-0.3, -0.25) is 0 Å². The zero-order valence-electron chi connectivity index (χ0n) is 11.5. The molecule has 0 amide bonds. The van der Waals surface area contributed by atoms with E-state index in [-0.39, 0.29) is 17.4 Å². The Kier molecular flexibility index (Phi) is 6.68. The second-order valence-electron chi connectivity index (χ2n) is 4.49. The van der Waals surface area contributed by atoms with Crippen LogP contribution in [0.5, 0.6) is 0 Å². The molecule has 0 aliphatic rings. The fraction of sp³-hybridized carbons (Fsp3) is 0.462. The third kappa shape index (κ3) is 5.31. The molecule has 0 aromatic heterocycles. The van der Waals surface area contributed by atoms with Crippen molar-refractivity contribution >= 4 is 31.8 Å². The van der Waals surface area contributed by atoms with Gasteiger partial charge in [0.05, 0.1) is 0 Å². The number of nitro benzene ring substituents is 1. The summed E-state index contributed by atoms with van der Waals surface area (Å²) in [5, 5.41) is 20.7. The third-order valence-electron chi connectivity index (χ3n) is 2.53. The molecule has 1 rings (SSSR count). The van der Waals surface area contributed by atoms with Crippen LogP contribution in [0.2, 0.25) is 5.21 Å². The topological polar surface area (TPSA) is 89.7 Å². The molecule has 110 valence electrons. The van der Waals surface area contributed by atoms with E-state index in [1.54, 1.807) is 6.07 Å². The van der Waals surface area contributed by atoms with Gasteiger partial charge in [0, 0.05) is 0 Å². The fourth-order valence-electron chi connectivity index (χ4n) is 1.58. The summed E-state index contributed by atoms with van der Waals surface area (Å²) < 4.78 is 6.10. The Bertz CT molecular complexity index is 490. The number of ether oxygens (including phenoxy) is 1. The van der Waals surface area contributed by atoms with Crippen LogP contribution in [0, 0.1) is 10.1 Å².